The van der Waals surface area contributed by atoms with Crippen LogP contribution in [0, 0.1) is 5.82 Å². The van der Waals surface area contributed by atoms with Crippen molar-refractivity contribution in [2.24, 2.45) is 4.99 Å². The third-order valence-corrected chi connectivity index (χ3v) is 5.07. The molecule has 0 atom stereocenters. The van der Waals surface area contributed by atoms with E-state index in [1.807, 2.05) is 26.0 Å². The molecule has 128 valence electrons. The van der Waals surface area contributed by atoms with Crippen molar-refractivity contribution in [1.82, 2.24) is 9.80 Å². The van der Waals surface area contributed by atoms with E-state index in [1.165, 1.54) is 23.9 Å². The lowest BCUT2D eigenvalue weighted by Crippen LogP contribution is -2.46. The van der Waals surface area contributed by atoms with Crippen molar-refractivity contribution < 1.29 is 9.13 Å². The zero-order chi connectivity index (χ0) is 17.1. The largest absolute Gasteiger partial charge is 0.448 e. The number of nitrogens with zero attached hydrogens (tertiary/aromatic N) is 3. The lowest BCUT2D eigenvalue weighted by atomic mass is 10.3. The highest BCUT2D eigenvalue weighted by atomic mass is 32.2. The van der Waals surface area contributed by atoms with Gasteiger partial charge in [-0.1, -0.05) is 17.8 Å². The molecule has 2 aliphatic heterocycles. The lowest BCUT2D eigenvalue weighted by Gasteiger charge is -2.33. The van der Waals surface area contributed by atoms with E-state index in [2.05, 4.69) is 16.8 Å². The number of fused-ring (bicyclic) bond motifs is 1. The molecule has 24 heavy (non-hydrogen) atoms. The second-order valence-electron chi connectivity index (χ2n) is 5.94. The molecule has 6 heteroatoms. The average molecular weight is 347 g/mol. The van der Waals surface area contributed by atoms with Crippen molar-refractivity contribution in [2.45, 2.75) is 13.8 Å². The zero-order valence-electron chi connectivity index (χ0n) is 14.3. The van der Waals surface area contributed by atoms with Gasteiger partial charge in [-0.3, -0.25) is 0 Å². The van der Waals surface area contributed by atoms with Gasteiger partial charge in [0.15, 0.2) is 10.8 Å². The molecule has 1 saturated heterocycles. The number of aliphatic imine (C=N–C) groups is 1. The molecule has 0 aromatic heterocycles. The molecule has 2 aliphatic rings. The Morgan fingerprint density at radius 1 is 1.29 bits per heavy atom. The number of thioether (sulfide) groups is 1. The maximum atomic E-state index is 13.6. The minimum absolute atomic E-state index is 0.320. The van der Waals surface area contributed by atoms with Crippen LogP contribution in [0.4, 0.5) is 10.1 Å². The molecule has 1 aromatic rings. The van der Waals surface area contributed by atoms with E-state index >= 15 is 0 Å². The Balaban J connectivity index is 1.95. The van der Waals surface area contributed by atoms with Crippen molar-refractivity contribution in [3.63, 3.8) is 0 Å². The number of likely N-dealkylation sites (N-methyl/N-ethyl adjacent to an activating group) is 1. The lowest BCUT2D eigenvalue weighted by molar-refractivity contribution is 0.216. The first-order valence-electron chi connectivity index (χ1n) is 8.07. The number of piperazine rings is 1. The molecular weight excluding hydrogens is 325 g/mol. The highest BCUT2D eigenvalue weighted by molar-refractivity contribution is 8.06. The topological polar surface area (TPSA) is 28.1 Å². The minimum Gasteiger partial charge on any atom is -0.448 e. The van der Waals surface area contributed by atoms with Crippen LogP contribution in [0.25, 0.3) is 0 Å². The van der Waals surface area contributed by atoms with Gasteiger partial charge < -0.3 is 14.5 Å². The summed E-state index contributed by atoms with van der Waals surface area (Å²) < 4.78 is 19.5. The summed E-state index contributed by atoms with van der Waals surface area (Å²) in [5, 5.41) is 0.715. The molecule has 0 N–H and O–H groups in total. The molecule has 0 amide bonds. The molecule has 4 nitrogen and oxygen atoms in total. The molecule has 2 heterocycles. The summed E-state index contributed by atoms with van der Waals surface area (Å²) in [5.74, 6) is 1.01. The fourth-order valence-electron chi connectivity index (χ4n) is 2.53. The fraction of sp³-hybridized carbons (Fsp3) is 0.389. The van der Waals surface area contributed by atoms with Crippen LogP contribution < -0.4 is 4.74 Å². The Bertz CT molecular complexity index is 706. The summed E-state index contributed by atoms with van der Waals surface area (Å²) in [6.07, 6.45) is 3.99. The molecule has 1 aromatic carbocycles. The van der Waals surface area contributed by atoms with E-state index in [0.717, 1.165) is 36.9 Å². The number of benzene rings is 1. The molecule has 0 bridgehead atoms. The Morgan fingerprint density at radius 3 is 2.75 bits per heavy atom. The summed E-state index contributed by atoms with van der Waals surface area (Å²) in [4.78, 5) is 10.4. The number of hydrogen-bond acceptors (Lipinski definition) is 5. The Hall–Kier alpha value is -1.79. The normalized spacial score (nSPS) is 19.2. The Morgan fingerprint density at radius 2 is 2.04 bits per heavy atom. The van der Waals surface area contributed by atoms with Crippen LogP contribution in [-0.2, 0) is 0 Å². The number of hydrogen-bond donors (Lipinski definition) is 0. The second-order valence-corrected chi connectivity index (χ2v) is 7.19. The van der Waals surface area contributed by atoms with Gasteiger partial charge in [-0.05, 0) is 37.9 Å². The van der Waals surface area contributed by atoms with Crippen LogP contribution in [0.1, 0.15) is 13.8 Å². The summed E-state index contributed by atoms with van der Waals surface area (Å²) in [6.45, 7) is 7.86. The highest BCUT2D eigenvalue weighted by Gasteiger charge is 2.21. The van der Waals surface area contributed by atoms with Gasteiger partial charge in [0.1, 0.15) is 17.3 Å². The third kappa shape index (κ3) is 3.99. The van der Waals surface area contributed by atoms with E-state index in [1.54, 1.807) is 6.07 Å². The number of ether oxygens (including phenoxy) is 1. The molecular formula is C18H22FN3OS. The second kappa shape index (κ2) is 7.40. The minimum atomic E-state index is -0.320. The average Bonchev–Trinajstić information content (AvgIpc) is 2.74. The first-order chi connectivity index (χ1) is 11.5. The van der Waals surface area contributed by atoms with Crippen molar-refractivity contribution >= 4 is 23.3 Å². The number of halogens is 1. The predicted molar refractivity (Wildman–Crippen MR) is 98.3 cm³/mol. The third-order valence-electron chi connectivity index (χ3n) is 4.11. The number of allylic oxidation sites excluding steroid dienone is 2. The maximum absolute atomic E-state index is 13.6. The van der Waals surface area contributed by atoms with Gasteiger partial charge in [0.05, 0.1) is 0 Å². The van der Waals surface area contributed by atoms with Gasteiger partial charge >= 0.3 is 0 Å². The van der Waals surface area contributed by atoms with E-state index in [9.17, 15) is 4.39 Å². The summed E-state index contributed by atoms with van der Waals surface area (Å²) in [6, 6.07) is 4.48. The molecule has 3 rings (SSSR count). The molecule has 0 radical (unpaired) electrons. The Kier molecular flexibility index (Phi) is 5.26. The smallest absolute Gasteiger partial charge is 0.169 e. The van der Waals surface area contributed by atoms with Gasteiger partial charge in [0, 0.05) is 38.3 Å². The van der Waals surface area contributed by atoms with Crippen LogP contribution in [0.3, 0.4) is 0 Å². The molecule has 0 aliphatic carbocycles. The van der Waals surface area contributed by atoms with Crippen molar-refractivity contribution in [1.29, 1.82) is 0 Å². The van der Waals surface area contributed by atoms with Crippen LogP contribution >= 0.6 is 11.8 Å². The monoisotopic (exact) mass is 347 g/mol. The standard InChI is InChI=1S/C18H22FN3OS/c1-4-13(2)24-18-12-17(22-9-7-21(3)8-10-22)20-15-6-5-14(19)11-16(15)23-18/h4-6,11-12H,7-10H2,1-3H3/b13-4-. The molecule has 0 unspecified atom stereocenters. The zero-order valence-corrected chi connectivity index (χ0v) is 15.1. The van der Waals surface area contributed by atoms with Gasteiger partial charge in [-0.2, -0.15) is 0 Å². The first kappa shape index (κ1) is 17.0. The molecule has 0 spiro atoms. The van der Waals surface area contributed by atoms with E-state index < -0.39 is 0 Å². The van der Waals surface area contributed by atoms with Crippen LogP contribution in [0.5, 0.6) is 5.75 Å². The van der Waals surface area contributed by atoms with Crippen LogP contribution in [0.15, 0.2) is 45.3 Å². The highest BCUT2D eigenvalue weighted by Crippen LogP contribution is 2.37. The quantitative estimate of drug-likeness (QED) is 0.808. The number of amidine groups is 1. The van der Waals surface area contributed by atoms with Gasteiger partial charge in [0.25, 0.3) is 0 Å². The van der Waals surface area contributed by atoms with Gasteiger partial charge in [-0.25, -0.2) is 9.38 Å². The van der Waals surface area contributed by atoms with Crippen LogP contribution in [-0.4, -0.2) is 48.9 Å². The van der Waals surface area contributed by atoms with Crippen molar-refractivity contribution in [2.75, 3.05) is 33.2 Å². The van der Waals surface area contributed by atoms with E-state index in [4.69, 9.17) is 9.73 Å². The maximum Gasteiger partial charge on any atom is 0.169 e. The first-order valence-corrected chi connectivity index (χ1v) is 8.89. The predicted octanol–water partition coefficient (Wildman–Crippen LogP) is 3.99. The molecule has 0 saturated carbocycles. The fourth-order valence-corrected chi connectivity index (χ4v) is 3.26. The number of rotatable bonds is 2. The van der Waals surface area contributed by atoms with E-state index in [0.29, 0.717) is 16.5 Å². The summed E-state index contributed by atoms with van der Waals surface area (Å²) in [7, 11) is 2.12. The van der Waals surface area contributed by atoms with Crippen LogP contribution in [0.2, 0.25) is 0 Å². The van der Waals surface area contributed by atoms with Crippen molar-refractivity contribution in [3.05, 3.63) is 46.2 Å². The van der Waals surface area contributed by atoms with Gasteiger partial charge in [-0.15, -0.1) is 0 Å². The van der Waals surface area contributed by atoms with Gasteiger partial charge in [0.2, 0.25) is 0 Å². The molecule has 1 fully saturated rings. The SMILES string of the molecule is C/C=C(/C)SC1=CC(N2CCN(C)CC2)=Nc2ccc(F)cc2O1. The summed E-state index contributed by atoms with van der Waals surface area (Å²) >= 11 is 1.53. The van der Waals surface area contributed by atoms with E-state index in [-0.39, 0.29) is 5.82 Å². The Labute approximate surface area is 146 Å². The van der Waals surface area contributed by atoms with Crippen molar-refractivity contribution in [3.8, 4) is 5.75 Å². The summed E-state index contributed by atoms with van der Waals surface area (Å²) in [5.41, 5.74) is 0.662.